The average molecular weight is 602 g/mol. The van der Waals surface area contributed by atoms with E-state index in [0.29, 0.717) is 51.1 Å². The van der Waals surface area contributed by atoms with Gasteiger partial charge in [0.2, 0.25) is 5.91 Å². The van der Waals surface area contributed by atoms with Gasteiger partial charge in [-0.1, -0.05) is 24.6 Å². The Balaban J connectivity index is 1.43. The highest BCUT2D eigenvalue weighted by atomic mass is 35.5. The summed E-state index contributed by atoms with van der Waals surface area (Å²) in [7, 11) is 0. The minimum absolute atomic E-state index is 0.132. The van der Waals surface area contributed by atoms with Gasteiger partial charge in [0.1, 0.15) is 23.6 Å². The number of carbonyl (C=O) groups excluding carboxylic acids is 2. The fourth-order valence-corrected chi connectivity index (χ4v) is 6.92. The minimum atomic E-state index is -0.929. The highest BCUT2D eigenvalue weighted by Crippen LogP contribution is 2.44. The van der Waals surface area contributed by atoms with Crippen molar-refractivity contribution in [1.29, 1.82) is 0 Å². The molecule has 42 heavy (non-hydrogen) atoms. The number of aliphatic hydroxyl groups is 1. The molecule has 2 saturated heterocycles. The molecule has 1 N–H and O–H groups in total. The van der Waals surface area contributed by atoms with Crippen molar-refractivity contribution in [1.82, 2.24) is 19.8 Å². The van der Waals surface area contributed by atoms with Crippen LogP contribution in [-0.2, 0) is 9.53 Å². The third kappa shape index (κ3) is 5.80. The Morgan fingerprint density at radius 1 is 1.17 bits per heavy atom. The molecule has 1 aromatic carbocycles. The number of halogens is 2. The number of piperazine rings is 1. The van der Waals surface area contributed by atoms with Crippen LogP contribution in [0.4, 0.5) is 15.0 Å². The molecule has 0 spiro atoms. The minimum Gasteiger partial charge on any atom is -0.444 e. The zero-order chi connectivity index (χ0) is 30.6. The van der Waals surface area contributed by atoms with Gasteiger partial charge < -0.3 is 19.6 Å². The number of fused-ring (bicyclic) bond motifs is 1. The number of ether oxygens (including phenoxy) is 1. The molecule has 9 nitrogen and oxygen atoms in total. The third-order valence-corrected chi connectivity index (χ3v) is 8.98. The van der Waals surface area contributed by atoms with Crippen LogP contribution in [0.1, 0.15) is 95.6 Å². The topological polar surface area (TPSA) is 99.1 Å². The molecule has 1 unspecified atom stereocenters. The second kappa shape index (κ2) is 11.3. The second-order valence-electron chi connectivity index (χ2n) is 13.4. The maximum atomic E-state index is 15.5. The van der Waals surface area contributed by atoms with Crippen molar-refractivity contribution in [2.75, 3.05) is 31.1 Å². The van der Waals surface area contributed by atoms with Crippen LogP contribution in [0.3, 0.4) is 0 Å². The van der Waals surface area contributed by atoms with Gasteiger partial charge in [0.05, 0.1) is 23.8 Å². The summed E-state index contributed by atoms with van der Waals surface area (Å²) in [5.74, 6) is -0.805. The third-order valence-electron chi connectivity index (χ3n) is 8.74. The first kappa shape index (κ1) is 30.5. The van der Waals surface area contributed by atoms with Gasteiger partial charge >= 0.3 is 6.09 Å². The maximum Gasteiger partial charge on any atom is 0.411 e. The summed E-state index contributed by atoms with van der Waals surface area (Å²) in [6.07, 6.45) is 2.16. The summed E-state index contributed by atoms with van der Waals surface area (Å²) >= 11 is 6.09. The summed E-state index contributed by atoms with van der Waals surface area (Å²) in [5, 5.41) is 10.7. The fourth-order valence-electron chi connectivity index (χ4n) is 6.76. The normalized spacial score (nSPS) is 24.5. The summed E-state index contributed by atoms with van der Waals surface area (Å²) in [6.45, 7) is 13.2. The van der Waals surface area contributed by atoms with Crippen LogP contribution in [-0.4, -0.2) is 80.2 Å². The van der Waals surface area contributed by atoms with Crippen molar-refractivity contribution in [3.63, 3.8) is 0 Å². The predicted octanol–water partition coefficient (Wildman–Crippen LogP) is 5.42. The summed E-state index contributed by atoms with van der Waals surface area (Å²) in [5.41, 5.74) is 0.556. The van der Waals surface area contributed by atoms with E-state index in [-0.39, 0.29) is 22.4 Å². The lowest BCUT2D eigenvalue weighted by Crippen LogP contribution is -2.55. The summed E-state index contributed by atoms with van der Waals surface area (Å²) < 4.78 is 21.3. The highest BCUT2D eigenvalue weighted by Gasteiger charge is 2.51. The van der Waals surface area contributed by atoms with Gasteiger partial charge in [0.15, 0.2) is 0 Å². The van der Waals surface area contributed by atoms with Gasteiger partial charge in [0, 0.05) is 47.9 Å². The van der Waals surface area contributed by atoms with Gasteiger partial charge in [-0.05, 0) is 71.9 Å². The molecule has 228 valence electrons. The Kier molecular flexibility index (Phi) is 8.17. The molecule has 2 aromatic rings. The number of likely N-dealkylation sites (tertiary alicyclic amines) is 1. The highest BCUT2D eigenvalue weighted by molar-refractivity contribution is 6.30. The van der Waals surface area contributed by atoms with E-state index in [1.54, 1.807) is 42.7 Å². The number of nitrogens with zero attached hydrogens (tertiary/aromatic N) is 5. The molecule has 4 atom stereocenters. The number of benzene rings is 1. The molecule has 1 aliphatic carbocycles. The predicted molar refractivity (Wildman–Crippen MR) is 158 cm³/mol. The van der Waals surface area contributed by atoms with Gasteiger partial charge in [-0.3, -0.25) is 9.69 Å². The molecule has 1 aromatic heterocycles. The van der Waals surface area contributed by atoms with E-state index < -0.39 is 41.1 Å². The number of rotatable bonds is 4. The first-order chi connectivity index (χ1) is 19.7. The van der Waals surface area contributed by atoms with Crippen molar-refractivity contribution in [2.45, 2.75) is 95.9 Å². The van der Waals surface area contributed by atoms with Crippen molar-refractivity contribution in [3.8, 4) is 0 Å². The lowest BCUT2D eigenvalue weighted by Gasteiger charge is -2.42. The first-order valence-corrected chi connectivity index (χ1v) is 15.1. The zero-order valence-corrected chi connectivity index (χ0v) is 26.0. The van der Waals surface area contributed by atoms with Crippen LogP contribution in [0.15, 0.2) is 24.5 Å². The molecule has 11 heteroatoms. The number of carbonyl (C=O) groups is 2. The number of hydrogen-bond donors (Lipinski definition) is 1. The monoisotopic (exact) mass is 601 g/mol. The van der Waals surface area contributed by atoms with Crippen LogP contribution in [0, 0.1) is 5.82 Å². The second-order valence-corrected chi connectivity index (χ2v) is 13.8. The molecule has 2 fully saturated rings. The molecule has 3 aliphatic rings. The fraction of sp³-hybridized carbons (Fsp3) is 0.613. The van der Waals surface area contributed by atoms with Gasteiger partial charge in [-0.15, -0.1) is 0 Å². The van der Waals surface area contributed by atoms with Gasteiger partial charge in [-0.2, -0.15) is 0 Å². The number of hydrogen-bond acceptors (Lipinski definition) is 7. The Bertz CT molecular complexity index is 1360. The number of amides is 2. The molecule has 0 saturated carbocycles. The largest absolute Gasteiger partial charge is 0.444 e. The van der Waals surface area contributed by atoms with Crippen molar-refractivity contribution in [2.24, 2.45) is 0 Å². The van der Waals surface area contributed by atoms with Gasteiger partial charge in [0.25, 0.3) is 0 Å². The van der Waals surface area contributed by atoms with Crippen LogP contribution in [0.5, 0.6) is 0 Å². The maximum absolute atomic E-state index is 15.5. The lowest BCUT2D eigenvalue weighted by atomic mass is 9.87. The zero-order valence-electron chi connectivity index (χ0n) is 25.2. The van der Waals surface area contributed by atoms with E-state index in [1.807, 2.05) is 13.8 Å². The van der Waals surface area contributed by atoms with Crippen molar-refractivity contribution >= 4 is 29.4 Å². The molecule has 5 rings (SSSR count). The number of anilines is 1. The average Bonchev–Trinajstić information content (AvgIpc) is 3.38. The lowest BCUT2D eigenvalue weighted by molar-refractivity contribution is -0.134. The Labute approximate surface area is 252 Å². The molecule has 3 heterocycles. The van der Waals surface area contributed by atoms with E-state index in [9.17, 15) is 14.7 Å². The Morgan fingerprint density at radius 3 is 2.50 bits per heavy atom. The van der Waals surface area contributed by atoms with E-state index in [0.717, 1.165) is 11.4 Å². The Morgan fingerprint density at radius 2 is 1.86 bits per heavy atom. The number of aromatic nitrogens is 2. The van der Waals surface area contributed by atoms with E-state index in [2.05, 4.69) is 21.8 Å². The van der Waals surface area contributed by atoms with Crippen molar-refractivity contribution < 1.29 is 23.8 Å². The SMILES string of the molecule is C[C@@H]1C[C@@H](O)c2ncnc(N3CCN(C(=O)[C@@H](c4ccc(Cl)cc4F)C4CCC(C)(C)N4C(=O)OC(C)(C)C)CC3)c21. The van der Waals surface area contributed by atoms with E-state index in [4.69, 9.17) is 16.3 Å². The molecule has 2 amide bonds. The number of aliphatic hydroxyl groups excluding tert-OH is 1. The molecular formula is C31H41ClFN5O4. The molecule has 0 radical (unpaired) electrons. The summed E-state index contributed by atoms with van der Waals surface area (Å²) in [6, 6.07) is 3.77. The van der Waals surface area contributed by atoms with Crippen LogP contribution in [0.25, 0.3) is 0 Å². The first-order valence-electron chi connectivity index (χ1n) is 14.7. The van der Waals surface area contributed by atoms with Crippen molar-refractivity contribution in [3.05, 3.63) is 52.2 Å². The smallest absolute Gasteiger partial charge is 0.411 e. The quantitative estimate of drug-likeness (QED) is 0.499. The standard InChI is InChI=1S/C31H41ClFN5O4/c1-18-15-23(39)26-24(18)27(35-17-34-26)36-11-13-37(14-12-36)28(40)25(20-8-7-19(32)16-21(20)33)22-9-10-31(5,6)38(22)29(41)42-30(2,3)4/h7-8,16-18,22-23,25,39H,9-15H2,1-6H3/t18-,22?,23-,25+/m1/s1. The molecule has 2 aliphatic heterocycles. The van der Waals surface area contributed by atoms with Crippen LogP contribution >= 0.6 is 11.6 Å². The summed E-state index contributed by atoms with van der Waals surface area (Å²) in [4.78, 5) is 42.3. The van der Waals surface area contributed by atoms with Gasteiger partial charge in [-0.25, -0.2) is 19.2 Å². The van der Waals surface area contributed by atoms with E-state index in [1.165, 1.54) is 12.4 Å². The Hall–Kier alpha value is -2.98. The van der Waals surface area contributed by atoms with Crippen LogP contribution in [0.2, 0.25) is 5.02 Å². The van der Waals surface area contributed by atoms with Crippen LogP contribution < -0.4 is 4.90 Å². The van der Waals surface area contributed by atoms with E-state index >= 15 is 4.39 Å². The molecular weight excluding hydrogens is 561 g/mol. The molecule has 0 bridgehead atoms.